The van der Waals surface area contributed by atoms with E-state index in [4.69, 9.17) is 4.42 Å². The zero-order valence-corrected chi connectivity index (χ0v) is 17.7. The lowest BCUT2D eigenvalue weighted by Crippen LogP contribution is -2.37. The first-order valence-corrected chi connectivity index (χ1v) is 11.1. The first kappa shape index (κ1) is 19.0. The Kier molecular flexibility index (Phi) is 4.60. The van der Waals surface area contributed by atoms with Gasteiger partial charge in [-0.3, -0.25) is 4.79 Å². The molecule has 32 heavy (non-hydrogen) atoms. The molecule has 0 saturated heterocycles. The number of thiazole rings is 1. The fourth-order valence-electron chi connectivity index (χ4n) is 3.95. The predicted octanol–water partition coefficient (Wildman–Crippen LogP) is 0.808. The lowest BCUT2D eigenvalue weighted by atomic mass is 10.1. The van der Waals surface area contributed by atoms with Crippen LogP contribution in [0.15, 0.2) is 22.3 Å². The molecule has 1 aliphatic heterocycles. The molecule has 4 aromatic rings. The molecule has 0 radical (unpaired) electrons. The van der Waals surface area contributed by atoms with Gasteiger partial charge in [-0.15, -0.1) is 21.5 Å². The van der Waals surface area contributed by atoms with Crippen molar-refractivity contribution in [3.05, 3.63) is 45.8 Å². The molecular weight excluding hydrogens is 432 g/mol. The van der Waals surface area contributed by atoms with E-state index >= 15 is 0 Å². The third-order valence-electron chi connectivity index (χ3n) is 5.61. The molecule has 2 aliphatic rings. The van der Waals surface area contributed by atoms with Crippen molar-refractivity contribution in [2.45, 2.75) is 38.3 Å². The van der Waals surface area contributed by atoms with Crippen molar-refractivity contribution in [1.82, 2.24) is 45.5 Å². The molecule has 5 heterocycles. The summed E-state index contributed by atoms with van der Waals surface area (Å²) in [6, 6.07) is 0.250. The molecule has 12 nitrogen and oxygen atoms in total. The van der Waals surface area contributed by atoms with Gasteiger partial charge in [-0.05, 0) is 0 Å². The number of anilines is 1. The van der Waals surface area contributed by atoms with Crippen LogP contribution in [0.4, 0.5) is 5.95 Å². The number of nitrogens with zero attached hydrogens (tertiary/aromatic N) is 8. The summed E-state index contributed by atoms with van der Waals surface area (Å²) in [6.45, 7) is 1.02. The average Bonchev–Trinajstić information content (AvgIpc) is 3.58. The molecule has 0 aromatic carbocycles. The second-order valence-electron chi connectivity index (χ2n) is 7.73. The topological polar surface area (TPSA) is 152 Å². The number of hydrogen-bond donors (Lipinski definition) is 2. The van der Waals surface area contributed by atoms with Gasteiger partial charge < -0.3 is 14.6 Å². The lowest BCUT2D eigenvalue weighted by Gasteiger charge is -2.24. The fourth-order valence-corrected chi connectivity index (χ4v) is 4.83. The summed E-state index contributed by atoms with van der Waals surface area (Å²) in [5.74, 6) is 0.983. The summed E-state index contributed by atoms with van der Waals surface area (Å²) in [4.78, 5) is 28.8. The second kappa shape index (κ2) is 7.75. The van der Waals surface area contributed by atoms with Crippen molar-refractivity contribution in [3.8, 4) is 11.5 Å². The van der Waals surface area contributed by atoms with Gasteiger partial charge in [0.2, 0.25) is 17.7 Å². The smallest absolute Gasteiger partial charge is 0.250 e. The number of carbonyl (C=O) groups excluding carboxylic acids is 1. The van der Waals surface area contributed by atoms with Crippen molar-refractivity contribution in [1.29, 1.82) is 0 Å². The van der Waals surface area contributed by atoms with Crippen LogP contribution in [-0.4, -0.2) is 64.0 Å². The highest BCUT2D eigenvalue weighted by Gasteiger charge is 2.26. The van der Waals surface area contributed by atoms with Crippen molar-refractivity contribution in [2.24, 2.45) is 0 Å². The first-order chi connectivity index (χ1) is 15.7. The average molecular weight is 450 g/mol. The van der Waals surface area contributed by atoms with Crippen LogP contribution in [0.1, 0.15) is 27.8 Å². The van der Waals surface area contributed by atoms with Gasteiger partial charge in [-0.1, -0.05) is 0 Å². The Balaban J connectivity index is 1.07. The molecule has 13 heteroatoms. The zero-order chi connectivity index (χ0) is 21.5. The molecule has 2 N–H and O–H groups in total. The van der Waals surface area contributed by atoms with Crippen LogP contribution in [0.25, 0.3) is 11.5 Å². The summed E-state index contributed by atoms with van der Waals surface area (Å²) < 4.78 is 5.68. The fraction of sp³-hybridized carbons (Fsp3) is 0.368. The Morgan fingerprint density at radius 1 is 1.16 bits per heavy atom. The van der Waals surface area contributed by atoms with E-state index in [2.05, 4.69) is 45.9 Å². The van der Waals surface area contributed by atoms with E-state index < -0.39 is 0 Å². The molecule has 1 atom stereocenters. The van der Waals surface area contributed by atoms with Crippen LogP contribution in [0, 0.1) is 0 Å². The van der Waals surface area contributed by atoms with E-state index in [-0.39, 0.29) is 30.2 Å². The molecule has 0 saturated carbocycles. The van der Waals surface area contributed by atoms with Crippen LogP contribution < -0.4 is 5.32 Å². The van der Waals surface area contributed by atoms with Gasteiger partial charge in [-0.25, -0.2) is 15.0 Å². The van der Waals surface area contributed by atoms with Gasteiger partial charge in [0.1, 0.15) is 12.1 Å². The van der Waals surface area contributed by atoms with Gasteiger partial charge >= 0.3 is 0 Å². The van der Waals surface area contributed by atoms with E-state index in [0.717, 1.165) is 29.9 Å². The largest absolute Gasteiger partial charge is 0.420 e. The highest BCUT2D eigenvalue weighted by molar-refractivity contribution is 7.09. The standard InChI is InChI=1S/C19H18N10O2S/c30-17(29-2-1-12-14(8-29)25-28-24-12)5-16-26-27-18(31-16)10-6-20-19(21-7-10)23-11-3-13-15(4-11)32-9-22-13/h6-7,9,11H,1-5,8H2,(H,20,21,23)(H,24,25,28). The van der Waals surface area contributed by atoms with Crippen molar-refractivity contribution in [2.75, 3.05) is 11.9 Å². The molecule has 1 aliphatic carbocycles. The van der Waals surface area contributed by atoms with Gasteiger partial charge in [0.15, 0.2) is 0 Å². The van der Waals surface area contributed by atoms with Crippen LogP contribution in [0.2, 0.25) is 0 Å². The van der Waals surface area contributed by atoms with Crippen LogP contribution in [0.3, 0.4) is 0 Å². The van der Waals surface area contributed by atoms with Crippen LogP contribution in [0.5, 0.6) is 0 Å². The van der Waals surface area contributed by atoms with Crippen molar-refractivity contribution in [3.63, 3.8) is 0 Å². The van der Waals surface area contributed by atoms with Crippen molar-refractivity contribution < 1.29 is 9.21 Å². The Labute approximate surface area is 185 Å². The number of hydrogen-bond acceptors (Lipinski definition) is 11. The highest BCUT2D eigenvalue weighted by atomic mass is 32.1. The van der Waals surface area contributed by atoms with Crippen molar-refractivity contribution >= 4 is 23.2 Å². The second-order valence-corrected chi connectivity index (χ2v) is 8.67. The number of carbonyl (C=O) groups is 1. The van der Waals surface area contributed by atoms with E-state index in [9.17, 15) is 4.79 Å². The number of fused-ring (bicyclic) bond motifs is 2. The molecular formula is C19H18N10O2S. The number of aromatic nitrogens is 8. The molecule has 162 valence electrons. The maximum atomic E-state index is 12.6. The third kappa shape index (κ3) is 3.60. The maximum absolute atomic E-state index is 12.6. The SMILES string of the molecule is O=C(Cc1nnc(-c2cnc(NC3Cc4ncsc4C3)nc2)o1)N1CCc2n[nH]nc2C1. The Morgan fingerprint density at radius 2 is 2.03 bits per heavy atom. The summed E-state index contributed by atoms with van der Waals surface area (Å²) in [7, 11) is 0. The van der Waals surface area contributed by atoms with Crippen LogP contribution >= 0.6 is 11.3 Å². The summed E-state index contributed by atoms with van der Waals surface area (Å²) in [5, 5.41) is 22.2. The molecule has 6 rings (SSSR count). The minimum absolute atomic E-state index is 0.0283. The molecule has 0 bridgehead atoms. The number of rotatable bonds is 5. The minimum Gasteiger partial charge on any atom is -0.420 e. The lowest BCUT2D eigenvalue weighted by molar-refractivity contribution is -0.131. The molecule has 1 unspecified atom stereocenters. The van der Waals surface area contributed by atoms with Gasteiger partial charge in [-0.2, -0.15) is 15.4 Å². The minimum atomic E-state index is -0.0933. The van der Waals surface area contributed by atoms with Gasteiger partial charge in [0, 0.05) is 49.1 Å². The van der Waals surface area contributed by atoms with E-state index in [0.29, 0.717) is 31.0 Å². The Hall–Kier alpha value is -3.74. The van der Waals surface area contributed by atoms with Gasteiger partial charge in [0.25, 0.3) is 5.89 Å². The third-order valence-corrected chi connectivity index (χ3v) is 6.51. The molecule has 1 amide bonds. The van der Waals surface area contributed by atoms with E-state index in [1.54, 1.807) is 28.6 Å². The molecule has 0 fully saturated rings. The summed E-state index contributed by atoms with van der Waals surface area (Å²) in [6.07, 6.45) is 5.78. The predicted molar refractivity (Wildman–Crippen MR) is 111 cm³/mol. The normalized spacial score (nSPS) is 17.2. The summed E-state index contributed by atoms with van der Waals surface area (Å²) >= 11 is 1.69. The highest BCUT2D eigenvalue weighted by Crippen LogP contribution is 2.26. The number of nitrogens with one attached hydrogen (secondary N) is 2. The van der Waals surface area contributed by atoms with Gasteiger partial charge in [0.05, 0.1) is 29.0 Å². The Bertz CT molecular complexity index is 1240. The zero-order valence-electron chi connectivity index (χ0n) is 16.9. The van der Waals surface area contributed by atoms with E-state index in [1.165, 1.54) is 4.88 Å². The number of amides is 1. The van der Waals surface area contributed by atoms with E-state index in [1.807, 2.05) is 5.51 Å². The first-order valence-electron chi connectivity index (χ1n) is 10.2. The quantitative estimate of drug-likeness (QED) is 0.447. The molecule has 0 spiro atoms. The number of aromatic amines is 1. The van der Waals surface area contributed by atoms with Crippen LogP contribution in [-0.2, 0) is 37.0 Å². The monoisotopic (exact) mass is 450 g/mol. The maximum Gasteiger partial charge on any atom is 0.250 e. The number of H-pyrrole nitrogens is 1. The molecule has 4 aromatic heterocycles. The summed E-state index contributed by atoms with van der Waals surface area (Å²) in [5.41, 5.74) is 5.35. The Morgan fingerprint density at radius 3 is 2.91 bits per heavy atom.